The summed E-state index contributed by atoms with van der Waals surface area (Å²) in [5.74, 6) is -1.43. The predicted octanol–water partition coefficient (Wildman–Crippen LogP) is 1.42. The second-order valence-electron chi connectivity index (χ2n) is 7.55. The Kier molecular flexibility index (Phi) is 7.36. The molecule has 0 saturated carbocycles. The summed E-state index contributed by atoms with van der Waals surface area (Å²) in [5.41, 5.74) is 0.178. The molecule has 2 amide bonds. The number of rotatable bonds is 7. The molecule has 3 rings (SSSR count). The van der Waals surface area contributed by atoms with Crippen LogP contribution in [0.3, 0.4) is 0 Å². The van der Waals surface area contributed by atoms with Crippen LogP contribution in [0.15, 0.2) is 38.5 Å². The molecule has 1 atom stereocenters. The lowest BCUT2D eigenvalue weighted by Crippen LogP contribution is -2.57. The third kappa shape index (κ3) is 5.03. The Morgan fingerprint density at radius 2 is 1.88 bits per heavy atom. The van der Waals surface area contributed by atoms with Gasteiger partial charge in [-0.3, -0.25) is 9.59 Å². The summed E-state index contributed by atoms with van der Waals surface area (Å²) in [5, 5.41) is 4.14. The number of furan rings is 1. The minimum absolute atomic E-state index is 0.0449. The third-order valence-electron chi connectivity index (χ3n) is 5.11. The Balaban J connectivity index is 1.64. The second kappa shape index (κ2) is 9.84. The number of esters is 1. The molecular formula is C20H25N3O7S2. The fourth-order valence-corrected chi connectivity index (χ4v) is 6.01. The van der Waals surface area contributed by atoms with Gasteiger partial charge in [0.05, 0.1) is 18.9 Å². The molecule has 0 bridgehead atoms. The molecule has 1 aliphatic rings. The van der Waals surface area contributed by atoms with E-state index in [9.17, 15) is 22.8 Å². The standard InChI is InChI=1S/C20H25N3O7S2/c1-13(2)17(21-18(24)15-5-4-10-30-15)19(25)22-6-8-23(9-7-22)32(27,28)16-11-14(12-31-16)20(26)29-3/h4-5,10-13,17H,6-9H2,1-3H3,(H,21,24)/t17-/m0/s1. The number of piperazine rings is 1. The number of nitrogens with one attached hydrogen (secondary N) is 1. The summed E-state index contributed by atoms with van der Waals surface area (Å²) in [6, 6.07) is 3.62. The predicted molar refractivity (Wildman–Crippen MR) is 116 cm³/mol. The molecule has 1 aliphatic heterocycles. The van der Waals surface area contributed by atoms with Crippen LogP contribution in [-0.2, 0) is 19.6 Å². The van der Waals surface area contributed by atoms with Gasteiger partial charge < -0.3 is 19.4 Å². The number of ether oxygens (including phenoxy) is 1. The molecule has 1 fully saturated rings. The molecule has 2 aromatic rings. The van der Waals surface area contributed by atoms with E-state index in [2.05, 4.69) is 10.1 Å². The summed E-state index contributed by atoms with van der Waals surface area (Å²) in [7, 11) is -2.57. The molecule has 10 nitrogen and oxygen atoms in total. The monoisotopic (exact) mass is 483 g/mol. The lowest BCUT2D eigenvalue weighted by molar-refractivity contribution is -0.135. The zero-order valence-corrected chi connectivity index (χ0v) is 19.6. The van der Waals surface area contributed by atoms with Crippen molar-refractivity contribution in [1.29, 1.82) is 0 Å². The van der Waals surface area contributed by atoms with Crippen molar-refractivity contribution in [2.24, 2.45) is 5.92 Å². The van der Waals surface area contributed by atoms with Gasteiger partial charge in [-0.05, 0) is 24.1 Å². The average molecular weight is 484 g/mol. The van der Waals surface area contributed by atoms with Gasteiger partial charge in [-0.15, -0.1) is 11.3 Å². The Morgan fingerprint density at radius 1 is 1.19 bits per heavy atom. The Labute approximate surface area is 190 Å². The maximum absolute atomic E-state index is 13.0. The first-order valence-electron chi connectivity index (χ1n) is 9.95. The summed E-state index contributed by atoms with van der Waals surface area (Å²) in [4.78, 5) is 38.5. The van der Waals surface area contributed by atoms with Gasteiger partial charge in [0, 0.05) is 31.6 Å². The highest BCUT2D eigenvalue weighted by molar-refractivity contribution is 7.91. The van der Waals surface area contributed by atoms with Crippen LogP contribution in [0.5, 0.6) is 0 Å². The van der Waals surface area contributed by atoms with Crippen LogP contribution < -0.4 is 5.32 Å². The molecule has 174 valence electrons. The van der Waals surface area contributed by atoms with Crippen LogP contribution in [0.2, 0.25) is 0 Å². The van der Waals surface area contributed by atoms with E-state index in [0.29, 0.717) is 0 Å². The zero-order valence-electron chi connectivity index (χ0n) is 17.9. The number of carbonyl (C=O) groups is 3. The third-order valence-corrected chi connectivity index (χ3v) is 8.42. The van der Waals surface area contributed by atoms with Crippen molar-refractivity contribution >= 4 is 39.1 Å². The van der Waals surface area contributed by atoms with Crippen molar-refractivity contribution in [3.8, 4) is 0 Å². The molecular weight excluding hydrogens is 458 g/mol. The number of hydrogen-bond donors (Lipinski definition) is 1. The maximum atomic E-state index is 13.0. The van der Waals surface area contributed by atoms with Crippen LogP contribution in [0.1, 0.15) is 34.8 Å². The van der Waals surface area contributed by atoms with E-state index >= 15 is 0 Å². The molecule has 0 spiro atoms. The molecule has 0 radical (unpaired) electrons. The van der Waals surface area contributed by atoms with Crippen LogP contribution in [0.25, 0.3) is 0 Å². The first-order valence-corrected chi connectivity index (χ1v) is 12.3. The van der Waals surface area contributed by atoms with Crippen LogP contribution in [0.4, 0.5) is 0 Å². The number of amides is 2. The van der Waals surface area contributed by atoms with Crippen molar-refractivity contribution in [2.75, 3.05) is 33.3 Å². The number of methoxy groups -OCH3 is 1. The van der Waals surface area contributed by atoms with Gasteiger partial charge in [-0.1, -0.05) is 13.8 Å². The minimum Gasteiger partial charge on any atom is -0.465 e. The van der Waals surface area contributed by atoms with Gasteiger partial charge in [0.1, 0.15) is 10.3 Å². The highest BCUT2D eigenvalue weighted by Crippen LogP contribution is 2.25. The SMILES string of the molecule is COC(=O)c1csc(S(=O)(=O)N2CCN(C(=O)[C@@H](NC(=O)c3ccco3)C(C)C)CC2)c1. The molecule has 1 saturated heterocycles. The van der Waals surface area contributed by atoms with E-state index in [4.69, 9.17) is 4.42 Å². The van der Waals surface area contributed by atoms with Gasteiger partial charge in [0.25, 0.3) is 15.9 Å². The fraction of sp³-hybridized carbons (Fsp3) is 0.450. The topological polar surface area (TPSA) is 126 Å². The van der Waals surface area contributed by atoms with E-state index in [1.54, 1.807) is 11.0 Å². The van der Waals surface area contributed by atoms with Crippen LogP contribution in [-0.4, -0.2) is 74.7 Å². The first-order chi connectivity index (χ1) is 15.1. The Bertz CT molecular complexity index is 1070. The van der Waals surface area contributed by atoms with Crippen molar-refractivity contribution in [3.63, 3.8) is 0 Å². The Morgan fingerprint density at radius 3 is 2.44 bits per heavy atom. The molecule has 0 aliphatic carbocycles. The highest BCUT2D eigenvalue weighted by atomic mass is 32.2. The smallest absolute Gasteiger partial charge is 0.338 e. The van der Waals surface area contributed by atoms with Gasteiger partial charge in [-0.25, -0.2) is 13.2 Å². The number of nitrogens with zero attached hydrogens (tertiary/aromatic N) is 2. The quantitative estimate of drug-likeness (QED) is 0.590. The van der Waals surface area contributed by atoms with E-state index in [1.165, 1.54) is 35.2 Å². The fourth-order valence-electron chi connectivity index (χ4n) is 3.28. The molecule has 0 unspecified atom stereocenters. The first kappa shape index (κ1) is 24.0. The van der Waals surface area contributed by atoms with Crippen molar-refractivity contribution < 1.29 is 32.0 Å². The highest BCUT2D eigenvalue weighted by Gasteiger charge is 2.35. The lowest BCUT2D eigenvalue weighted by Gasteiger charge is -2.36. The Hall–Kier alpha value is -2.70. The van der Waals surface area contributed by atoms with Crippen molar-refractivity contribution in [3.05, 3.63) is 41.2 Å². The van der Waals surface area contributed by atoms with Crippen LogP contribution in [0, 0.1) is 5.92 Å². The zero-order chi connectivity index (χ0) is 23.5. The maximum Gasteiger partial charge on any atom is 0.338 e. The normalized spacial score (nSPS) is 16.1. The number of sulfonamides is 1. The number of hydrogen-bond acceptors (Lipinski definition) is 8. The summed E-state index contributed by atoms with van der Waals surface area (Å²) < 4.78 is 36.9. The molecule has 32 heavy (non-hydrogen) atoms. The average Bonchev–Trinajstić information content (AvgIpc) is 3.49. The van der Waals surface area contributed by atoms with E-state index in [-0.39, 0.29) is 53.5 Å². The van der Waals surface area contributed by atoms with Gasteiger partial charge in [-0.2, -0.15) is 4.31 Å². The number of carbonyl (C=O) groups excluding carboxylic acids is 3. The second-order valence-corrected chi connectivity index (χ2v) is 10.6. The molecule has 2 aromatic heterocycles. The minimum atomic E-state index is -3.79. The van der Waals surface area contributed by atoms with Crippen molar-refractivity contribution in [1.82, 2.24) is 14.5 Å². The van der Waals surface area contributed by atoms with Gasteiger partial charge in [0.15, 0.2) is 5.76 Å². The van der Waals surface area contributed by atoms with Crippen LogP contribution >= 0.6 is 11.3 Å². The number of thiophene rings is 1. The largest absolute Gasteiger partial charge is 0.465 e. The van der Waals surface area contributed by atoms with E-state index in [0.717, 1.165) is 11.3 Å². The summed E-state index contributed by atoms with van der Waals surface area (Å²) >= 11 is 0.948. The molecule has 0 aromatic carbocycles. The summed E-state index contributed by atoms with van der Waals surface area (Å²) in [6.07, 6.45) is 1.38. The molecule has 1 N–H and O–H groups in total. The van der Waals surface area contributed by atoms with E-state index < -0.39 is 27.9 Å². The lowest BCUT2D eigenvalue weighted by atomic mass is 10.0. The molecule has 12 heteroatoms. The van der Waals surface area contributed by atoms with E-state index in [1.807, 2.05) is 13.8 Å². The molecule has 3 heterocycles. The van der Waals surface area contributed by atoms with Gasteiger partial charge >= 0.3 is 5.97 Å². The van der Waals surface area contributed by atoms with Crippen molar-refractivity contribution in [2.45, 2.75) is 24.1 Å². The van der Waals surface area contributed by atoms with Gasteiger partial charge in [0.2, 0.25) is 5.91 Å². The summed E-state index contributed by atoms with van der Waals surface area (Å²) in [6.45, 7) is 4.23.